The number of benzene rings is 3. The Morgan fingerprint density at radius 1 is 1.03 bits per heavy atom. The van der Waals surface area contributed by atoms with Gasteiger partial charge in [0.25, 0.3) is 11.7 Å². The number of ketones is 1. The highest BCUT2D eigenvalue weighted by Gasteiger charge is 2.47. The van der Waals surface area contributed by atoms with Crippen molar-refractivity contribution in [1.82, 2.24) is 0 Å². The molecule has 3 aromatic carbocycles. The van der Waals surface area contributed by atoms with E-state index < -0.39 is 23.7 Å². The fourth-order valence-corrected chi connectivity index (χ4v) is 4.99. The van der Waals surface area contributed by atoms with Crippen LogP contribution in [-0.2, 0) is 20.7 Å². The number of methoxy groups -OCH3 is 1. The molecule has 1 amide bonds. The van der Waals surface area contributed by atoms with E-state index in [4.69, 9.17) is 9.47 Å². The van der Waals surface area contributed by atoms with Crippen molar-refractivity contribution in [3.8, 4) is 5.75 Å². The van der Waals surface area contributed by atoms with Gasteiger partial charge in [-0.15, -0.1) is 0 Å². The number of carbonyl (C=O) groups excluding carboxylic acids is 3. The van der Waals surface area contributed by atoms with E-state index in [0.717, 1.165) is 17.0 Å². The van der Waals surface area contributed by atoms with Crippen LogP contribution in [0.4, 0.5) is 11.4 Å². The molecule has 0 spiro atoms. The van der Waals surface area contributed by atoms with Crippen LogP contribution in [0.2, 0.25) is 0 Å². The summed E-state index contributed by atoms with van der Waals surface area (Å²) in [6.07, 6.45) is 0.700. The lowest BCUT2D eigenvalue weighted by molar-refractivity contribution is -0.132. The second-order valence-corrected chi connectivity index (χ2v) is 9.65. The van der Waals surface area contributed by atoms with E-state index in [1.165, 1.54) is 18.1 Å². The molecule has 2 heterocycles. The van der Waals surface area contributed by atoms with Gasteiger partial charge in [0.2, 0.25) is 0 Å². The van der Waals surface area contributed by atoms with Crippen LogP contribution in [0.15, 0.2) is 72.3 Å². The number of carbonyl (C=O) groups is 3. The molecule has 2 aliphatic heterocycles. The fraction of sp³-hybridized carbons (Fsp3) is 0.233. The SMILES string of the molecule is COC(=O)c1cccc(N2C(=O)C(=O)/C(=C(\O)c3ccc4c(c3)CC(C)O4)C2c2ccc(N(C)C)cc2)c1. The lowest BCUT2D eigenvalue weighted by Gasteiger charge is -2.26. The molecule has 8 heteroatoms. The highest BCUT2D eigenvalue weighted by Crippen LogP contribution is 2.43. The van der Waals surface area contributed by atoms with Gasteiger partial charge < -0.3 is 19.5 Å². The monoisotopic (exact) mass is 512 g/mol. The van der Waals surface area contributed by atoms with E-state index in [1.54, 1.807) is 36.4 Å². The molecule has 38 heavy (non-hydrogen) atoms. The molecule has 194 valence electrons. The molecule has 1 fully saturated rings. The van der Waals surface area contributed by atoms with Gasteiger partial charge in [0.1, 0.15) is 17.6 Å². The number of aliphatic hydroxyl groups is 1. The maximum Gasteiger partial charge on any atom is 0.337 e. The lowest BCUT2D eigenvalue weighted by atomic mass is 9.94. The Bertz CT molecular complexity index is 1470. The normalized spacial score (nSPS) is 19.7. The van der Waals surface area contributed by atoms with Crippen LogP contribution in [0, 0.1) is 0 Å². The molecule has 0 saturated carbocycles. The Kier molecular flexibility index (Phi) is 6.40. The summed E-state index contributed by atoms with van der Waals surface area (Å²) in [4.78, 5) is 42.4. The summed E-state index contributed by atoms with van der Waals surface area (Å²) in [6.45, 7) is 1.96. The second kappa shape index (κ2) is 9.70. The van der Waals surface area contributed by atoms with Gasteiger partial charge in [-0.25, -0.2) is 4.79 Å². The van der Waals surface area contributed by atoms with Gasteiger partial charge in [0, 0.05) is 37.5 Å². The standard InChI is InChI=1S/C30H28N2O6/c1-17-14-21-15-19(10-13-24(21)38-17)27(33)25-26(18-8-11-22(12-9-18)31(2)3)32(29(35)28(25)34)23-7-5-6-20(16-23)30(36)37-4/h5-13,15-17,26,33H,14H2,1-4H3/b27-25-. The first-order valence-corrected chi connectivity index (χ1v) is 12.3. The predicted octanol–water partition coefficient (Wildman–Crippen LogP) is 4.49. The van der Waals surface area contributed by atoms with E-state index in [2.05, 4.69) is 0 Å². The average Bonchev–Trinajstić information content (AvgIpc) is 3.43. The third kappa shape index (κ3) is 4.28. The van der Waals surface area contributed by atoms with Crippen LogP contribution < -0.4 is 14.5 Å². The molecule has 1 saturated heterocycles. The second-order valence-electron chi connectivity index (χ2n) is 9.65. The van der Waals surface area contributed by atoms with Crippen molar-refractivity contribution in [2.75, 3.05) is 31.0 Å². The number of hydrogen-bond donors (Lipinski definition) is 1. The van der Waals surface area contributed by atoms with Gasteiger partial charge >= 0.3 is 5.97 Å². The maximum absolute atomic E-state index is 13.5. The molecule has 0 aromatic heterocycles. The zero-order valence-corrected chi connectivity index (χ0v) is 21.6. The minimum Gasteiger partial charge on any atom is -0.507 e. The van der Waals surface area contributed by atoms with Gasteiger partial charge in [0.05, 0.1) is 24.3 Å². The quantitative estimate of drug-likeness (QED) is 0.233. The first-order valence-electron chi connectivity index (χ1n) is 12.3. The number of aliphatic hydroxyl groups excluding tert-OH is 1. The highest BCUT2D eigenvalue weighted by atomic mass is 16.5. The van der Waals surface area contributed by atoms with Crippen LogP contribution in [0.1, 0.15) is 40.0 Å². The molecular weight excluding hydrogens is 484 g/mol. The van der Waals surface area contributed by atoms with Crippen molar-refractivity contribution in [1.29, 1.82) is 0 Å². The van der Waals surface area contributed by atoms with Gasteiger partial charge in [0.15, 0.2) is 0 Å². The zero-order chi connectivity index (χ0) is 27.1. The molecule has 0 aliphatic carbocycles. The topological polar surface area (TPSA) is 96.4 Å². The number of amides is 1. The fourth-order valence-electron chi connectivity index (χ4n) is 4.99. The first kappa shape index (κ1) is 25.1. The third-order valence-corrected chi connectivity index (χ3v) is 6.88. The van der Waals surface area contributed by atoms with E-state index in [-0.39, 0.29) is 23.0 Å². The number of rotatable bonds is 5. The van der Waals surface area contributed by atoms with Crippen molar-refractivity contribution in [3.05, 3.63) is 94.6 Å². The molecule has 2 aliphatic rings. The lowest BCUT2D eigenvalue weighted by Crippen LogP contribution is -2.29. The highest BCUT2D eigenvalue weighted by molar-refractivity contribution is 6.51. The zero-order valence-electron chi connectivity index (χ0n) is 21.6. The summed E-state index contributed by atoms with van der Waals surface area (Å²) in [5.41, 5.74) is 3.48. The van der Waals surface area contributed by atoms with Gasteiger partial charge in [-0.2, -0.15) is 0 Å². The summed E-state index contributed by atoms with van der Waals surface area (Å²) in [5, 5.41) is 11.5. The van der Waals surface area contributed by atoms with Crippen LogP contribution in [-0.4, -0.2) is 50.1 Å². The Morgan fingerprint density at radius 2 is 1.76 bits per heavy atom. The third-order valence-electron chi connectivity index (χ3n) is 6.88. The molecule has 8 nitrogen and oxygen atoms in total. The van der Waals surface area contributed by atoms with Crippen molar-refractivity contribution < 1.29 is 29.0 Å². The number of Topliss-reactive ketones (excluding diaryl/α,β-unsaturated/α-hetero) is 1. The van der Waals surface area contributed by atoms with Crippen LogP contribution >= 0.6 is 0 Å². The van der Waals surface area contributed by atoms with Crippen molar-refractivity contribution >= 4 is 34.8 Å². The Balaban J connectivity index is 1.68. The Hall–Kier alpha value is -4.59. The molecule has 2 atom stereocenters. The minimum absolute atomic E-state index is 0.0188. The number of hydrogen-bond acceptors (Lipinski definition) is 7. The van der Waals surface area contributed by atoms with Crippen LogP contribution in [0.25, 0.3) is 5.76 Å². The Labute approximate surface area is 220 Å². The average molecular weight is 513 g/mol. The molecule has 3 aromatic rings. The molecule has 0 bridgehead atoms. The summed E-state index contributed by atoms with van der Waals surface area (Å²) in [7, 11) is 5.10. The first-order chi connectivity index (χ1) is 18.2. The summed E-state index contributed by atoms with van der Waals surface area (Å²) < 4.78 is 10.6. The van der Waals surface area contributed by atoms with E-state index in [9.17, 15) is 19.5 Å². The summed E-state index contributed by atoms with van der Waals surface area (Å²) in [6, 6.07) is 18.1. The minimum atomic E-state index is -0.914. The van der Waals surface area contributed by atoms with E-state index in [0.29, 0.717) is 23.2 Å². The number of ether oxygens (including phenoxy) is 2. The van der Waals surface area contributed by atoms with Gasteiger partial charge in [-0.05, 0) is 66.6 Å². The number of anilines is 2. The number of nitrogens with zero attached hydrogens (tertiary/aromatic N) is 2. The molecule has 0 radical (unpaired) electrons. The van der Waals surface area contributed by atoms with E-state index >= 15 is 0 Å². The largest absolute Gasteiger partial charge is 0.507 e. The van der Waals surface area contributed by atoms with Gasteiger partial charge in [-0.1, -0.05) is 18.2 Å². The molecular formula is C30H28N2O6. The predicted molar refractivity (Wildman–Crippen MR) is 144 cm³/mol. The maximum atomic E-state index is 13.5. The molecule has 5 rings (SSSR count). The van der Waals surface area contributed by atoms with Gasteiger partial charge in [-0.3, -0.25) is 14.5 Å². The van der Waals surface area contributed by atoms with Crippen LogP contribution in [0.3, 0.4) is 0 Å². The van der Waals surface area contributed by atoms with E-state index in [1.807, 2.05) is 50.2 Å². The summed E-state index contributed by atoms with van der Waals surface area (Å²) >= 11 is 0. The van der Waals surface area contributed by atoms with Crippen molar-refractivity contribution in [2.24, 2.45) is 0 Å². The Morgan fingerprint density at radius 3 is 2.45 bits per heavy atom. The number of esters is 1. The molecule has 2 unspecified atom stereocenters. The molecule has 1 N–H and O–H groups in total. The van der Waals surface area contributed by atoms with Crippen molar-refractivity contribution in [2.45, 2.75) is 25.5 Å². The number of fused-ring (bicyclic) bond motifs is 1. The smallest absolute Gasteiger partial charge is 0.337 e. The van der Waals surface area contributed by atoms with Crippen molar-refractivity contribution in [3.63, 3.8) is 0 Å². The van der Waals surface area contributed by atoms with Crippen LogP contribution in [0.5, 0.6) is 5.75 Å². The summed E-state index contributed by atoms with van der Waals surface area (Å²) in [5.74, 6) is -1.69.